The summed E-state index contributed by atoms with van der Waals surface area (Å²) >= 11 is 0. The molecule has 7 heteroatoms. The number of rotatable bonds is 3. The summed E-state index contributed by atoms with van der Waals surface area (Å²) in [5.41, 5.74) is 5.38. The number of hydrogen-bond acceptors (Lipinski definition) is 2. The van der Waals surface area contributed by atoms with E-state index in [2.05, 4.69) is 5.10 Å². The van der Waals surface area contributed by atoms with Gasteiger partial charge in [0.25, 0.3) is 5.91 Å². The fourth-order valence-corrected chi connectivity index (χ4v) is 2.76. The average molecular weight is 345 g/mol. The van der Waals surface area contributed by atoms with E-state index in [4.69, 9.17) is 5.73 Å². The van der Waals surface area contributed by atoms with Gasteiger partial charge < -0.3 is 5.73 Å². The topological polar surface area (TPSA) is 60.9 Å². The Morgan fingerprint density at radius 2 is 1.60 bits per heavy atom. The summed E-state index contributed by atoms with van der Waals surface area (Å²) in [6, 6.07) is 15.7. The summed E-state index contributed by atoms with van der Waals surface area (Å²) in [7, 11) is 1.26. The second kappa shape index (κ2) is 6.08. The monoisotopic (exact) mass is 345 g/mol. The highest BCUT2D eigenvalue weighted by Crippen LogP contribution is 2.39. The Bertz CT molecular complexity index is 930. The quantitative estimate of drug-likeness (QED) is 0.783. The molecule has 1 amide bonds. The molecule has 0 bridgehead atoms. The van der Waals surface area contributed by atoms with Crippen LogP contribution in [0.25, 0.3) is 22.3 Å². The Morgan fingerprint density at radius 1 is 1.00 bits per heavy atom. The standard InChI is InChI=1S/C18H14F3N3O/c1-24-15(17(22)25)14(16(23-24)18(19,20)21)13-9-5-8-12(10-13)11-6-3-2-4-7-11/h2-10H,1H3,(H2,22,25). The van der Waals surface area contributed by atoms with Gasteiger partial charge in [0.2, 0.25) is 0 Å². The van der Waals surface area contributed by atoms with Gasteiger partial charge >= 0.3 is 6.18 Å². The first-order valence-corrected chi connectivity index (χ1v) is 7.39. The van der Waals surface area contributed by atoms with Crippen molar-refractivity contribution < 1.29 is 18.0 Å². The van der Waals surface area contributed by atoms with E-state index in [1.54, 1.807) is 18.2 Å². The van der Waals surface area contributed by atoms with E-state index in [1.807, 2.05) is 30.3 Å². The third kappa shape index (κ3) is 3.13. The normalized spacial score (nSPS) is 11.5. The van der Waals surface area contributed by atoms with Crippen LogP contribution in [-0.2, 0) is 13.2 Å². The van der Waals surface area contributed by atoms with E-state index in [0.717, 1.165) is 15.8 Å². The summed E-state index contributed by atoms with van der Waals surface area (Å²) < 4.78 is 41.0. The molecule has 3 rings (SSSR count). The molecule has 0 aliphatic carbocycles. The maximum absolute atomic E-state index is 13.4. The molecule has 25 heavy (non-hydrogen) atoms. The number of nitrogens with two attached hydrogens (primary N) is 1. The fourth-order valence-electron chi connectivity index (χ4n) is 2.76. The number of halogens is 3. The van der Waals surface area contributed by atoms with Gasteiger partial charge in [0, 0.05) is 12.6 Å². The highest BCUT2D eigenvalue weighted by Gasteiger charge is 2.40. The lowest BCUT2D eigenvalue weighted by atomic mass is 9.97. The van der Waals surface area contributed by atoms with Crippen LogP contribution in [0.3, 0.4) is 0 Å². The molecule has 0 unspecified atom stereocenters. The summed E-state index contributed by atoms with van der Waals surface area (Å²) in [4.78, 5) is 11.7. The number of amides is 1. The number of carbonyl (C=O) groups is 1. The van der Waals surface area contributed by atoms with E-state index < -0.39 is 17.8 Å². The largest absolute Gasteiger partial charge is 0.435 e. The summed E-state index contributed by atoms with van der Waals surface area (Å²) in [5.74, 6) is -0.967. The lowest BCUT2D eigenvalue weighted by molar-refractivity contribution is -0.140. The predicted octanol–water partition coefficient (Wildman–Crippen LogP) is 3.87. The van der Waals surface area contributed by atoms with E-state index >= 15 is 0 Å². The molecule has 0 saturated carbocycles. The van der Waals surface area contributed by atoms with Gasteiger partial charge in [0.15, 0.2) is 5.69 Å². The van der Waals surface area contributed by atoms with Gasteiger partial charge in [0.1, 0.15) is 5.69 Å². The molecule has 1 aromatic heterocycles. The van der Waals surface area contributed by atoms with Crippen molar-refractivity contribution in [3.63, 3.8) is 0 Å². The molecular weight excluding hydrogens is 331 g/mol. The highest BCUT2D eigenvalue weighted by atomic mass is 19.4. The minimum absolute atomic E-state index is 0.232. The molecule has 2 N–H and O–H groups in total. The summed E-state index contributed by atoms with van der Waals surface area (Å²) in [6.07, 6.45) is -4.70. The first-order chi connectivity index (χ1) is 11.8. The van der Waals surface area contributed by atoms with E-state index in [0.29, 0.717) is 0 Å². The molecule has 3 aromatic rings. The Morgan fingerprint density at radius 3 is 2.20 bits per heavy atom. The zero-order valence-electron chi connectivity index (χ0n) is 13.2. The minimum atomic E-state index is -4.70. The van der Waals surface area contributed by atoms with E-state index in [1.165, 1.54) is 13.1 Å². The maximum atomic E-state index is 13.4. The molecule has 0 saturated heterocycles. The summed E-state index contributed by atoms with van der Waals surface area (Å²) in [5, 5.41) is 3.47. The molecule has 0 radical (unpaired) electrons. The van der Waals surface area contributed by atoms with Gasteiger partial charge in [-0.25, -0.2) is 0 Å². The third-order valence-electron chi connectivity index (χ3n) is 3.81. The smallest absolute Gasteiger partial charge is 0.364 e. The van der Waals surface area contributed by atoms with Gasteiger partial charge in [-0.1, -0.05) is 48.5 Å². The van der Waals surface area contributed by atoms with Crippen molar-refractivity contribution in [3.8, 4) is 22.3 Å². The van der Waals surface area contributed by atoms with Crippen molar-refractivity contribution in [1.29, 1.82) is 0 Å². The maximum Gasteiger partial charge on any atom is 0.435 e. The molecule has 128 valence electrons. The van der Waals surface area contributed by atoms with Crippen molar-refractivity contribution in [2.24, 2.45) is 12.8 Å². The molecule has 2 aromatic carbocycles. The number of carbonyl (C=O) groups excluding carboxylic acids is 1. The highest BCUT2D eigenvalue weighted by molar-refractivity contribution is 5.99. The molecule has 0 aliphatic rings. The number of aryl methyl sites for hydroxylation is 1. The lowest BCUT2D eigenvalue weighted by Crippen LogP contribution is -2.16. The van der Waals surface area contributed by atoms with Crippen LogP contribution in [0.2, 0.25) is 0 Å². The van der Waals surface area contributed by atoms with Crippen LogP contribution in [-0.4, -0.2) is 15.7 Å². The Balaban J connectivity index is 2.25. The number of aromatic nitrogens is 2. The van der Waals surface area contributed by atoms with Crippen molar-refractivity contribution in [2.75, 3.05) is 0 Å². The van der Waals surface area contributed by atoms with Crippen molar-refractivity contribution in [2.45, 2.75) is 6.18 Å². The second-order valence-electron chi connectivity index (χ2n) is 5.50. The van der Waals surface area contributed by atoms with Gasteiger partial charge in [0.05, 0.1) is 0 Å². The number of hydrogen-bond donors (Lipinski definition) is 1. The van der Waals surface area contributed by atoms with Crippen molar-refractivity contribution in [3.05, 3.63) is 66.0 Å². The molecular formula is C18H14F3N3O. The molecule has 0 atom stereocenters. The van der Waals surface area contributed by atoms with Crippen LogP contribution >= 0.6 is 0 Å². The first-order valence-electron chi connectivity index (χ1n) is 7.39. The van der Waals surface area contributed by atoms with Crippen LogP contribution in [0.15, 0.2) is 54.6 Å². The van der Waals surface area contributed by atoms with Crippen LogP contribution in [0.1, 0.15) is 16.2 Å². The van der Waals surface area contributed by atoms with Crippen LogP contribution < -0.4 is 5.73 Å². The van der Waals surface area contributed by atoms with E-state index in [-0.39, 0.29) is 16.8 Å². The predicted molar refractivity (Wildman–Crippen MR) is 87.6 cm³/mol. The zero-order valence-corrected chi connectivity index (χ0v) is 13.2. The summed E-state index contributed by atoms with van der Waals surface area (Å²) in [6.45, 7) is 0. The third-order valence-corrected chi connectivity index (χ3v) is 3.81. The number of primary amides is 1. The average Bonchev–Trinajstić information content (AvgIpc) is 2.94. The van der Waals surface area contributed by atoms with Crippen LogP contribution in [0, 0.1) is 0 Å². The Labute approximate surface area is 141 Å². The number of nitrogens with zero attached hydrogens (tertiary/aromatic N) is 2. The SMILES string of the molecule is Cn1nc(C(F)(F)F)c(-c2cccc(-c3ccccc3)c2)c1C(N)=O. The van der Waals surface area contributed by atoms with Gasteiger partial charge in [-0.3, -0.25) is 9.48 Å². The molecule has 1 heterocycles. The Hall–Kier alpha value is -3.09. The first kappa shape index (κ1) is 16.8. The number of benzene rings is 2. The molecule has 0 fully saturated rings. The molecule has 0 aliphatic heterocycles. The van der Waals surface area contributed by atoms with Crippen LogP contribution in [0.5, 0.6) is 0 Å². The second-order valence-corrected chi connectivity index (χ2v) is 5.50. The molecule has 4 nitrogen and oxygen atoms in total. The minimum Gasteiger partial charge on any atom is -0.364 e. The van der Waals surface area contributed by atoms with Gasteiger partial charge in [-0.2, -0.15) is 18.3 Å². The Kier molecular flexibility index (Phi) is 4.08. The van der Waals surface area contributed by atoms with E-state index in [9.17, 15) is 18.0 Å². The van der Waals surface area contributed by atoms with Crippen LogP contribution in [0.4, 0.5) is 13.2 Å². The molecule has 0 spiro atoms. The zero-order chi connectivity index (χ0) is 18.2. The van der Waals surface area contributed by atoms with Crippen molar-refractivity contribution in [1.82, 2.24) is 9.78 Å². The number of alkyl halides is 3. The van der Waals surface area contributed by atoms with Gasteiger partial charge in [-0.15, -0.1) is 0 Å². The fraction of sp³-hybridized carbons (Fsp3) is 0.111. The lowest BCUT2D eigenvalue weighted by Gasteiger charge is -2.09. The van der Waals surface area contributed by atoms with Gasteiger partial charge in [-0.05, 0) is 22.8 Å². The van der Waals surface area contributed by atoms with Crippen molar-refractivity contribution >= 4 is 5.91 Å².